The molecule has 4 rings (SSSR count). The fourth-order valence-corrected chi connectivity index (χ4v) is 5.64. The van der Waals surface area contributed by atoms with Gasteiger partial charge in [-0.25, -0.2) is 4.79 Å². The van der Waals surface area contributed by atoms with Crippen molar-refractivity contribution in [1.29, 1.82) is 0 Å². The van der Waals surface area contributed by atoms with Gasteiger partial charge in [-0.15, -0.1) is 0 Å². The molecule has 2 heterocycles. The first-order valence-electron chi connectivity index (χ1n) is 11.7. The van der Waals surface area contributed by atoms with Crippen LogP contribution >= 0.6 is 11.3 Å². The molecular formula is C27H29NO6S. The van der Waals surface area contributed by atoms with Crippen LogP contribution in [0.2, 0.25) is 0 Å². The first-order valence-corrected chi connectivity index (χ1v) is 12.6. The van der Waals surface area contributed by atoms with Crippen LogP contribution in [0.15, 0.2) is 63.6 Å². The molecule has 7 nitrogen and oxygen atoms in total. The standard InChI is InChI=1S/C27H29NO6S/c1-5-33-26(30)21-15(3)28-20-13-19(16-7-9-18(32-4)10-8-16)23(27(31)34-6-2)25(29)24(20)22(21)17-11-12-35-14-17/h7-12,14,19,22-23,28H,5-6,13H2,1-4H3/t19-,22+,23-/m1/s1. The second-order valence-corrected chi connectivity index (χ2v) is 9.22. The monoisotopic (exact) mass is 495 g/mol. The predicted molar refractivity (Wildman–Crippen MR) is 132 cm³/mol. The lowest BCUT2D eigenvalue weighted by Crippen LogP contribution is -2.43. The minimum atomic E-state index is -1.02. The third kappa shape index (κ3) is 4.62. The lowest BCUT2D eigenvalue weighted by Gasteiger charge is -2.39. The van der Waals surface area contributed by atoms with E-state index >= 15 is 0 Å². The Labute approximate surface area is 208 Å². The molecule has 1 aliphatic heterocycles. The number of allylic oxidation sites excluding steroid dienone is 3. The third-order valence-electron chi connectivity index (χ3n) is 6.48. The summed E-state index contributed by atoms with van der Waals surface area (Å²) in [7, 11) is 1.59. The first-order chi connectivity index (χ1) is 16.9. The Morgan fingerprint density at radius 2 is 1.77 bits per heavy atom. The number of hydrogen-bond donors (Lipinski definition) is 1. The van der Waals surface area contributed by atoms with Crippen LogP contribution in [0.1, 0.15) is 50.2 Å². The minimum absolute atomic E-state index is 0.170. The number of dihydropyridines is 1. The molecule has 0 fully saturated rings. The van der Waals surface area contributed by atoms with Crippen LogP contribution in [0.5, 0.6) is 5.75 Å². The number of carbonyl (C=O) groups is 3. The second-order valence-electron chi connectivity index (χ2n) is 8.44. The Bertz CT molecular complexity index is 1180. The summed E-state index contributed by atoms with van der Waals surface area (Å²) < 4.78 is 16.0. The van der Waals surface area contributed by atoms with Gasteiger partial charge in [-0.3, -0.25) is 9.59 Å². The van der Waals surface area contributed by atoms with Gasteiger partial charge in [0.05, 0.1) is 25.9 Å². The van der Waals surface area contributed by atoms with Crippen molar-refractivity contribution < 1.29 is 28.6 Å². The fraction of sp³-hybridized carbons (Fsp3) is 0.370. The molecule has 1 N–H and O–H groups in total. The molecular weight excluding hydrogens is 466 g/mol. The molecule has 1 aromatic heterocycles. The number of thiophene rings is 1. The summed E-state index contributed by atoms with van der Waals surface area (Å²) in [6.45, 7) is 5.68. The summed E-state index contributed by atoms with van der Waals surface area (Å²) in [5.41, 5.74) is 3.86. The maximum atomic E-state index is 14.1. The maximum Gasteiger partial charge on any atom is 0.336 e. The van der Waals surface area contributed by atoms with E-state index in [1.807, 2.05) is 48.0 Å². The Hall–Kier alpha value is -3.39. The number of nitrogens with one attached hydrogen (secondary N) is 1. The van der Waals surface area contributed by atoms with Crippen LogP contribution in [0.25, 0.3) is 0 Å². The highest BCUT2D eigenvalue weighted by Gasteiger charge is 2.49. The third-order valence-corrected chi connectivity index (χ3v) is 7.18. The van der Waals surface area contributed by atoms with Crippen LogP contribution in [-0.4, -0.2) is 38.0 Å². The van der Waals surface area contributed by atoms with Crippen LogP contribution in [0.3, 0.4) is 0 Å². The average Bonchev–Trinajstić information content (AvgIpc) is 3.38. The Morgan fingerprint density at radius 1 is 1.06 bits per heavy atom. The SMILES string of the molecule is CCOC(=O)C1=C(C)NC2=C(C(=O)[C@H](C(=O)OCC)[C@@H](c3ccc(OC)cc3)C2)[C@H]1c1ccsc1. The molecule has 184 valence electrons. The highest BCUT2D eigenvalue weighted by Crippen LogP contribution is 2.48. The lowest BCUT2D eigenvalue weighted by atomic mass is 9.67. The molecule has 0 radical (unpaired) electrons. The highest BCUT2D eigenvalue weighted by atomic mass is 32.1. The van der Waals surface area contributed by atoms with Gasteiger partial charge >= 0.3 is 11.9 Å². The number of methoxy groups -OCH3 is 1. The predicted octanol–water partition coefficient (Wildman–Crippen LogP) is 4.47. The zero-order valence-corrected chi connectivity index (χ0v) is 21.1. The molecule has 1 aliphatic carbocycles. The quantitative estimate of drug-likeness (QED) is 0.448. The Kier molecular flexibility index (Phi) is 7.40. The molecule has 0 saturated heterocycles. The van der Waals surface area contributed by atoms with Crippen molar-refractivity contribution in [3.63, 3.8) is 0 Å². The molecule has 1 aromatic carbocycles. The smallest absolute Gasteiger partial charge is 0.336 e. The van der Waals surface area contributed by atoms with Gasteiger partial charge in [0.15, 0.2) is 5.78 Å². The van der Waals surface area contributed by atoms with E-state index in [-0.39, 0.29) is 19.0 Å². The van der Waals surface area contributed by atoms with E-state index in [1.54, 1.807) is 21.0 Å². The number of benzene rings is 1. The van der Waals surface area contributed by atoms with Crippen molar-refractivity contribution in [2.75, 3.05) is 20.3 Å². The molecule has 2 aromatic rings. The Morgan fingerprint density at radius 3 is 2.37 bits per heavy atom. The van der Waals surface area contributed by atoms with Crippen LogP contribution < -0.4 is 10.1 Å². The molecule has 3 atom stereocenters. The van der Waals surface area contributed by atoms with Gasteiger partial charge in [-0.1, -0.05) is 12.1 Å². The maximum absolute atomic E-state index is 14.1. The van der Waals surface area contributed by atoms with Gasteiger partial charge in [0, 0.05) is 28.8 Å². The number of carbonyl (C=O) groups excluding carboxylic acids is 3. The minimum Gasteiger partial charge on any atom is -0.497 e. The topological polar surface area (TPSA) is 90.9 Å². The van der Waals surface area contributed by atoms with Crippen molar-refractivity contribution >= 4 is 29.1 Å². The highest BCUT2D eigenvalue weighted by molar-refractivity contribution is 7.08. The summed E-state index contributed by atoms with van der Waals surface area (Å²) in [6.07, 6.45) is 0.422. The molecule has 0 spiro atoms. The summed E-state index contributed by atoms with van der Waals surface area (Å²) in [5, 5.41) is 7.14. The molecule has 2 aliphatic rings. The van der Waals surface area contributed by atoms with Crippen molar-refractivity contribution in [3.05, 3.63) is 74.8 Å². The number of hydrogen-bond acceptors (Lipinski definition) is 8. The number of Topliss-reactive ketones (excluding diaryl/α,β-unsaturated/α-hetero) is 1. The van der Waals surface area contributed by atoms with Crippen molar-refractivity contribution in [2.45, 2.75) is 39.0 Å². The van der Waals surface area contributed by atoms with Gasteiger partial charge in [0.1, 0.15) is 11.7 Å². The van der Waals surface area contributed by atoms with E-state index < -0.39 is 29.7 Å². The second kappa shape index (κ2) is 10.5. The zero-order chi connectivity index (χ0) is 25.1. The van der Waals surface area contributed by atoms with Crippen molar-refractivity contribution in [1.82, 2.24) is 5.32 Å². The summed E-state index contributed by atoms with van der Waals surface area (Å²) in [4.78, 5) is 40.3. The number of ketones is 1. The summed E-state index contributed by atoms with van der Waals surface area (Å²) in [5.74, 6) is -2.72. The van der Waals surface area contributed by atoms with Crippen LogP contribution in [-0.2, 0) is 23.9 Å². The average molecular weight is 496 g/mol. The Balaban J connectivity index is 1.85. The fourth-order valence-electron chi connectivity index (χ4n) is 4.95. The van der Waals surface area contributed by atoms with Crippen LogP contribution in [0, 0.1) is 5.92 Å². The van der Waals surface area contributed by atoms with Gasteiger partial charge in [-0.2, -0.15) is 11.3 Å². The summed E-state index contributed by atoms with van der Waals surface area (Å²) in [6, 6.07) is 9.29. The normalized spacial score (nSPS) is 21.8. The molecule has 0 saturated carbocycles. The van der Waals surface area contributed by atoms with E-state index in [0.29, 0.717) is 29.0 Å². The van der Waals surface area contributed by atoms with E-state index in [9.17, 15) is 14.4 Å². The van der Waals surface area contributed by atoms with E-state index in [4.69, 9.17) is 14.2 Å². The van der Waals surface area contributed by atoms with E-state index in [1.165, 1.54) is 11.3 Å². The van der Waals surface area contributed by atoms with Gasteiger partial charge in [0.25, 0.3) is 0 Å². The van der Waals surface area contributed by atoms with Gasteiger partial charge < -0.3 is 19.5 Å². The molecule has 8 heteroatoms. The van der Waals surface area contributed by atoms with E-state index in [0.717, 1.165) is 16.8 Å². The molecule has 35 heavy (non-hydrogen) atoms. The largest absolute Gasteiger partial charge is 0.497 e. The van der Waals surface area contributed by atoms with E-state index in [2.05, 4.69) is 5.32 Å². The van der Waals surface area contributed by atoms with Gasteiger partial charge in [-0.05, 0) is 67.3 Å². The van der Waals surface area contributed by atoms with Crippen molar-refractivity contribution in [2.24, 2.45) is 5.92 Å². The number of ether oxygens (including phenoxy) is 3. The summed E-state index contributed by atoms with van der Waals surface area (Å²) >= 11 is 1.49. The zero-order valence-electron chi connectivity index (χ0n) is 20.3. The molecule has 0 unspecified atom stereocenters. The molecule has 0 bridgehead atoms. The van der Waals surface area contributed by atoms with Crippen LogP contribution in [0.4, 0.5) is 0 Å². The van der Waals surface area contributed by atoms with Crippen molar-refractivity contribution in [3.8, 4) is 5.75 Å². The lowest BCUT2D eigenvalue weighted by molar-refractivity contribution is -0.152. The number of rotatable bonds is 7. The first kappa shape index (κ1) is 24.7. The molecule has 0 amide bonds. The number of esters is 2. The van der Waals surface area contributed by atoms with Gasteiger partial charge in [0.2, 0.25) is 0 Å².